The molecule has 2 atom stereocenters. The van der Waals surface area contributed by atoms with E-state index in [4.69, 9.17) is 9.97 Å². The first-order valence-electron chi connectivity index (χ1n) is 32.4. The number of hydrogen-bond donors (Lipinski definition) is 0. The van der Waals surface area contributed by atoms with Gasteiger partial charge in [0, 0.05) is 0 Å². The van der Waals surface area contributed by atoms with Crippen LogP contribution in [0, 0.1) is 18.8 Å². The summed E-state index contributed by atoms with van der Waals surface area (Å²) < 4.78 is 8.98. The Kier molecular flexibility index (Phi) is 28.8. The quantitative estimate of drug-likeness (QED) is 0.0282. The minimum atomic E-state index is -2.73. The number of aryl methyl sites for hydroxylation is 1. The zero-order valence-corrected chi connectivity index (χ0v) is 58.1. The predicted molar refractivity (Wildman–Crippen MR) is 363 cm³/mol. The van der Waals surface area contributed by atoms with E-state index in [2.05, 4.69) is 115 Å². The number of nitrogens with zero attached hydrogens (tertiary/aromatic N) is 2. The first-order chi connectivity index (χ1) is 38.3. The van der Waals surface area contributed by atoms with Crippen LogP contribution in [0.5, 0.6) is 0 Å². The number of hydrogen-bond acceptors (Lipinski definition) is 8. The van der Waals surface area contributed by atoms with Gasteiger partial charge in [-0.1, -0.05) is 182 Å². The van der Waals surface area contributed by atoms with Crippen molar-refractivity contribution in [3.05, 3.63) is 63.2 Å². The molecule has 7 rings (SSSR count). The van der Waals surface area contributed by atoms with Crippen LogP contribution in [0.3, 0.4) is 0 Å². The van der Waals surface area contributed by atoms with Crippen molar-refractivity contribution in [2.24, 2.45) is 11.8 Å². The first-order valence-corrected chi connectivity index (χ1v) is 44.8. The summed E-state index contributed by atoms with van der Waals surface area (Å²) in [6, 6.07) is 19.8. The Balaban J connectivity index is 1.31. The molecule has 0 aliphatic carbocycles. The van der Waals surface area contributed by atoms with Gasteiger partial charge in [-0.25, -0.2) is 0 Å². The Labute approximate surface area is 504 Å². The van der Waals surface area contributed by atoms with E-state index in [1.807, 2.05) is 59.6 Å². The van der Waals surface area contributed by atoms with Crippen molar-refractivity contribution in [2.45, 2.75) is 274 Å². The molecule has 1 aromatic carbocycles. The average molecular weight is 1270 g/mol. The predicted octanol–water partition coefficient (Wildman–Crippen LogP) is 25.9. The molecule has 0 saturated heterocycles. The molecule has 0 radical (unpaired) electrons. The molecule has 6 aromatic heterocycles. The number of benzene rings is 1. The molecule has 0 saturated carbocycles. The number of fused-ring (bicyclic) bond motifs is 2. The summed E-state index contributed by atoms with van der Waals surface area (Å²) in [5.41, 5.74) is 5.09. The monoisotopic (exact) mass is 1270 g/mol. The Hall–Kier alpha value is -1.40. The van der Waals surface area contributed by atoms with Crippen LogP contribution in [0.1, 0.15) is 256 Å². The maximum absolute atomic E-state index is 5.91. The second kappa shape index (κ2) is 35.0. The summed E-state index contributed by atoms with van der Waals surface area (Å²) in [5, 5.41) is 2.38. The number of rotatable bonds is 42. The number of thiazole rings is 2. The van der Waals surface area contributed by atoms with E-state index >= 15 is 0 Å². The third kappa shape index (κ3) is 18.5. The van der Waals surface area contributed by atoms with Gasteiger partial charge in [0.25, 0.3) is 0 Å². The SMILES string of the molecule is CCCCCCCCC(CCCCCC)Cc1ccc(-c2nc3c(-c4cc[c]([Sn]([CH2]CCC)([CH2]CCC)[CH2]CCC)s4)c4sc(-c5ccc(CC(CCCCCC)CCCCCCCC)s5)nc4c(-c4ccc(C)s4)c3s2)s1. The van der Waals surface area contributed by atoms with Crippen LogP contribution in [-0.2, 0) is 12.8 Å². The third-order valence-corrected chi connectivity index (χ3v) is 42.3. The normalized spacial score (nSPS) is 13.0. The second-order valence-electron chi connectivity index (χ2n) is 23.8. The summed E-state index contributed by atoms with van der Waals surface area (Å²) in [7, 11) is 0. The van der Waals surface area contributed by atoms with Gasteiger partial charge in [-0.15, -0.1) is 0 Å². The van der Waals surface area contributed by atoms with E-state index in [9.17, 15) is 0 Å². The molecule has 0 amide bonds. The van der Waals surface area contributed by atoms with Gasteiger partial charge in [-0.3, -0.25) is 0 Å². The summed E-state index contributed by atoms with van der Waals surface area (Å²) in [6.45, 7) is 18.9. The number of thiophene rings is 4. The van der Waals surface area contributed by atoms with Crippen LogP contribution < -0.4 is 2.89 Å². The van der Waals surface area contributed by atoms with Crippen molar-refractivity contribution in [2.75, 3.05) is 0 Å². The molecule has 0 bridgehead atoms. The number of unbranched alkanes of at least 4 members (excludes halogenated alkanes) is 19. The van der Waals surface area contributed by atoms with Crippen LogP contribution >= 0.6 is 68.0 Å². The fourth-order valence-corrected chi connectivity index (χ4v) is 38.3. The zero-order chi connectivity index (χ0) is 55.0. The summed E-state index contributed by atoms with van der Waals surface area (Å²) in [4.78, 5) is 21.7. The average Bonchev–Trinajstić information content (AvgIpc) is 4.52. The van der Waals surface area contributed by atoms with Crippen molar-refractivity contribution in [1.29, 1.82) is 0 Å². The fraction of sp³-hybridized carbons (Fsp3) is 0.652. The van der Waals surface area contributed by atoms with Crippen LogP contribution in [0.2, 0.25) is 13.3 Å². The Morgan fingerprint density at radius 2 is 0.718 bits per heavy atom. The van der Waals surface area contributed by atoms with E-state index in [0.717, 1.165) is 11.8 Å². The third-order valence-electron chi connectivity index (χ3n) is 17.2. The zero-order valence-electron chi connectivity index (χ0n) is 50.4. The van der Waals surface area contributed by atoms with E-state index < -0.39 is 18.4 Å². The maximum atomic E-state index is 5.91. The van der Waals surface area contributed by atoms with Gasteiger partial charge in [0.15, 0.2) is 0 Å². The molecule has 2 unspecified atom stereocenters. The van der Waals surface area contributed by atoms with Gasteiger partial charge in [-0.2, -0.15) is 0 Å². The summed E-state index contributed by atoms with van der Waals surface area (Å²) in [6.07, 6.45) is 43.5. The molecule has 430 valence electrons. The molecule has 0 aliphatic heterocycles. The molecule has 78 heavy (non-hydrogen) atoms. The van der Waals surface area contributed by atoms with E-state index in [0.29, 0.717) is 0 Å². The Bertz CT molecular complexity index is 2590. The first kappa shape index (κ1) is 64.2. The molecule has 7 aromatic rings. The Morgan fingerprint density at radius 1 is 0.359 bits per heavy atom. The van der Waals surface area contributed by atoms with Gasteiger partial charge >= 0.3 is 328 Å². The molecular weight excluding hydrogens is 1170 g/mol. The fourth-order valence-electron chi connectivity index (χ4n) is 12.4. The van der Waals surface area contributed by atoms with Crippen LogP contribution in [-0.4, -0.2) is 28.3 Å². The van der Waals surface area contributed by atoms with Gasteiger partial charge in [-0.05, 0) is 0 Å². The molecule has 2 nitrogen and oxygen atoms in total. The van der Waals surface area contributed by atoms with Crippen molar-refractivity contribution in [3.8, 4) is 40.7 Å². The molecule has 0 N–H and O–H groups in total. The van der Waals surface area contributed by atoms with Crippen LogP contribution in [0.25, 0.3) is 61.1 Å². The van der Waals surface area contributed by atoms with Crippen molar-refractivity contribution < 1.29 is 0 Å². The number of aromatic nitrogens is 2. The van der Waals surface area contributed by atoms with Crippen molar-refractivity contribution in [1.82, 2.24) is 9.97 Å². The topological polar surface area (TPSA) is 25.8 Å². The van der Waals surface area contributed by atoms with E-state index in [-0.39, 0.29) is 0 Å². The Morgan fingerprint density at radius 3 is 1.12 bits per heavy atom. The van der Waals surface area contributed by atoms with Gasteiger partial charge in [0.1, 0.15) is 0 Å². The van der Waals surface area contributed by atoms with Crippen molar-refractivity contribution >= 4 is 110 Å². The van der Waals surface area contributed by atoms with Crippen LogP contribution in [0.15, 0.2) is 48.5 Å². The second-order valence-corrected chi connectivity index (χ2v) is 44.7. The van der Waals surface area contributed by atoms with Crippen LogP contribution in [0.4, 0.5) is 0 Å². The minimum absolute atomic E-state index is 0.779. The van der Waals surface area contributed by atoms with Gasteiger partial charge in [0.05, 0.1) is 0 Å². The molecule has 0 aliphatic rings. The molecule has 9 heteroatoms. The summed E-state index contributed by atoms with van der Waals surface area (Å²) in [5.74, 6) is 1.56. The van der Waals surface area contributed by atoms with Gasteiger partial charge in [0.2, 0.25) is 0 Å². The molecule has 0 spiro atoms. The van der Waals surface area contributed by atoms with E-state index in [1.165, 1.54) is 285 Å². The standard InChI is InChI=1S/C57H77N2S6.3C4H9.Sn/c1-6-10-14-18-20-24-29-42(27-22-16-12-8-3)39-44-33-36-48(62-44)56-58-52-50(46-31-26-38-60-46)54-53(51(55(52)65-56)47-35-32-41(5)61-47)59-57(64-54)49-37-34-45(63-49)40-43(28-23-17-13-9-4)30-25-21-19-15-11-7-2;3*1-3-4-2;/h26,31-37,42-43H,6-25,27-30,39-40H2,1-5H3;3*1,3-4H2,2H3;. The molecule has 0 fully saturated rings. The molecular formula is C69H104N2S6Sn. The summed E-state index contributed by atoms with van der Waals surface area (Å²) >= 11 is 9.40. The van der Waals surface area contributed by atoms with Crippen molar-refractivity contribution in [3.63, 3.8) is 0 Å². The molecule has 6 heterocycles. The van der Waals surface area contributed by atoms with Gasteiger partial charge < -0.3 is 0 Å². The van der Waals surface area contributed by atoms with E-state index in [1.54, 1.807) is 9.75 Å².